The lowest BCUT2D eigenvalue weighted by Gasteiger charge is -2.03. The normalized spacial score (nSPS) is 9.78. The van der Waals surface area contributed by atoms with Crippen molar-refractivity contribution in [1.82, 2.24) is 15.3 Å². The molecule has 0 unspecified atom stereocenters. The van der Waals surface area contributed by atoms with Gasteiger partial charge in [-0.1, -0.05) is 18.2 Å². The van der Waals surface area contributed by atoms with E-state index in [1.807, 2.05) is 24.3 Å². The molecule has 1 aromatic carbocycles. The fourth-order valence-electron chi connectivity index (χ4n) is 1.53. The number of benzene rings is 1. The predicted molar refractivity (Wildman–Crippen MR) is 62.8 cm³/mol. The molecule has 2 rings (SSSR count). The van der Waals surface area contributed by atoms with Gasteiger partial charge in [-0.25, -0.2) is 10.2 Å². The minimum Gasteiger partial charge on any atom is -0.277 e. The fraction of sp³-hybridized carbons (Fsp3) is 0.0833. The van der Waals surface area contributed by atoms with Crippen molar-refractivity contribution in [2.45, 2.75) is 0 Å². The lowest BCUT2D eigenvalue weighted by atomic mass is 10.2. The second-order valence-electron chi connectivity index (χ2n) is 3.40. The van der Waals surface area contributed by atoms with Crippen LogP contribution < -0.4 is 5.48 Å². The molecular formula is C12H10N4O2. The summed E-state index contributed by atoms with van der Waals surface area (Å²) in [6, 6.07) is 11.1. The Hall–Kier alpha value is -2.65. The molecule has 2 aromatic rings. The van der Waals surface area contributed by atoms with E-state index in [4.69, 9.17) is 5.26 Å². The number of para-hydroxylation sites is 1. The molecule has 6 heteroatoms. The van der Waals surface area contributed by atoms with E-state index in [2.05, 4.69) is 15.4 Å². The minimum atomic E-state index is -0.503. The van der Waals surface area contributed by atoms with Gasteiger partial charge in [-0.05, 0) is 12.1 Å². The van der Waals surface area contributed by atoms with Crippen LogP contribution in [0.1, 0.15) is 16.1 Å². The highest BCUT2D eigenvalue weighted by Gasteiger charge is 2.17. The van der Waals surface area contributed by atoms with E-state index in [1.54, 1.807) is 12.1 Å². The first-order valence-corrected chi connectivity index (χ1v) is 5.14. The maximum Gasteiger partial charge on any atom is 0.279 e. The van der Waals surface area contributed by atoms with Crippen molar-refractivity contribution >= 4 is 5.91 Å². The van der Waals surface area contributed by atoms with Crippen molar-refractivity contribution < 1.29 is 9.63 Å². The van der Waals surface area contributed by atoms with Gasteiger partial charge < -0.3 is 0 Å². The zero-order valence-electron chi connectivity index (χ0n) is 9.62. The average molecular weight is 242 g/mol. The molecule has 0 radical (unpaired) electrons. The largest absolute Gasteiger partial charge is 0.279 e. The number of rotatable bonds is 3. The van der Waals surface area contributed by atoms with Gasteiger partial charge in [0.15, 0.2) is 5.69 Å². The van der Waals surface area contributed by atoms with Crippen molar-refractivity contribution in [3.8, 4) is 11.8 Å². The van der Waals surface area contributed by atoms with Gasteiger partial charge in [0.1, 0.15) is 6.07 Å². The van der Waals surface area contributed by atoms with Crippen molar-refractivity contribution in [3.05, 3.63) is 47.8 Å². The molecule has 1 heterocycles. The summed E-state index contributed by atoms with van der Waals surface area (Å²) in [5.74, 6) is -0.503. The maximum absolute atomic E-state index is 11.6. The Morgan fingerprint density at radius 3 is 2.78 bits per heavy atom. The second kappa shape index (κ2) is 5.12. The first-order chi connectivity index (χ1) is 8.77. The van der Waals surface area contributed by atoms with Crippen molar-refractivity contribution in [2.24, 2.45) is 0 Å². The van der Waals surface area contributed by atoms with Gasteiger partial charge in [-0.15, -0.1) is 0 Å². The van der Waals surface area contributed by atoms with Crippen LogP contribution >= 0.6 is 0 Å². The van der Waals surface area contributed by atoms with E-state index in [1.165, 1.54) is 18.0 Å². The minimum absolute atomic E-state index is 0.163. The van der Waals surface area contributed by atoms with Crippen molar-refractivity contribution in [3.63, 3.8) is 0 Å². The number of nitrogens with one attached hydrogen (secondary N) is 1. The number of hydrogen-bond donors (Lipinski definition) is 1. The van der Waals surface area contributed by atoms with E-state index >= 15 is 0 Å². The SMILES string of the molecule is CONC(=O)c1cnn(-c2ccccc2)c1C#N. The first kappa shape index (κ1) is 11.8. The Labute approximate surface area is 103 Å². The van der Waals surface area contributed by atoms with E-state index in [0.717, 1.165) is 0 Å². The van der Waals surface area contributed by atoms with Gasteiger partial charge in [-0.2, -0.15) is 10.4 Å². The highest BCUT2D eigenvalue weighted by Crippen LogP contribution is 2.13. The standard InChI is InChI=1S/C12H10N4O2/c1-18-15-12(17)10-8-14-16(11(10)7-13)9-5-3-2-4-6-9/h2-6,8H,1H3,(H,15,17). The molecule has 0 atom stereocenters. The van der Waals surface area contributed by atoms with Gasteiger partial charge in [0, 0.05) is 0 Å². The first-order valence-electron chi connectivity index (χ1n) is 5.14. The van der Waals surface area contributed by atoms with Crippen molar-refractivity contribution in [2.75, 3.05) is 7.11 Å². The summed E-state index contributed by atoms with van der Waals surface area (Å²) in [4.78, 5) is 16.2. The number of carbonyl (C=O) groups is 1. The molecule has 1 amide bonds. The van der Waals surface area contributed by atoms with E-state index in [-0.39, 0.29) is 11.3 Å². The Balaban J connectivity index is 2.47. The highest BCUT2D eigenvalue weighted by molar-refractivity contribution is 5.95. The Morgan fingerprint density at radius 2 is 2.17 bits per heavy atom. The molecule has 90 valence electrons. The molecule has 0 saturated carbocycles. The van der Waals surface area contributed by atoms with E-state index in [0.29, 0.717) is 5.69 Å². The molecule has 1 aromatic heterocycles. The molecule has 0 bridgehead atoms. The quantitative estimate of drug-likeness (QED) is 0.815. The van der Waals surface area contributed by atoms with Crippen LogP contribution in [0.5, 0.6) is 0 Å². The van der Waals surface area contributed by atoms with Gasteiger partial charge in [0.2, 0.25) is 0 Å². The van der Waals surface area contributed by atoms with Gasteiger partial charge in [0.05, 0.1) is 24.6 Å². The maximum atomic E-state index is 11.6. The molecular weight excluding hydrogens is 232 g/mol. The summed E-state index contributed by atoms with van der Waals surface area (Å²) >= 11 is 0. The summed E-state index contributed by atoms with van der Waals surface area (Å²) in [6.07, 6.45) is 1.33. The summed E-state index contributed by atoms with van der Waals surface area (Å²) in [7, 11) is 1.32. The molecule has 0 spiro atoms. The average Bonchev–Trinajstić information content (AvgIpc) is 2.83. The number of carbonyl (C=O) groups excluding carboxylic acids is 1. The van der Waals surface area contributed by atoms with Crippen molar-refractivity contribution in [1.29, 1.82) is 5.26 Å². The molecule has 18 heavy (non-hydrogen) atoms. The number of nitrogens with zero attached hydrogens (tertiary/aromatic N) is 3. The van der Waals surface area contributed by atoms with Gasteiger partial charge >= 0.3 is 0 Å². The topological polar surface area (TPSA) is 79.9 Å². The monoisotopic (exact) mass is 242 g/mol. The Bertz CT molecular complexity index is 598. The number of hydrogen-bond acceptors (Lipinski definition) is 4. The molecule has 0 aliphatic rings. The zero-order valence-corrected chi connectivity index (χ0v) is 9.62. The van der Waals surface area contributed by atoms with E-state index in [9.17, 15) is 4.79 Å². The van der Waals surface area contributed by atoms with Crippen LogP contribution in [0, 0.1) is 11.3 Å². The third kappa shape index (κ3) is 2.07. The second-order valence-corrected chi connectivity index (χ2v) is 3.40. The lowest BCUT2D eigenvalue weighted by molar-refractivity contribution is 0.0537. The zero-order chi connectivity index (χ0) is 13.0. The summed E-state index contributed by atoms with van der Waals surface area (Å²) < 4.78 is 1.41. The van der Waals surface area contributed by atoms with Crippen LogP contribution in [0.2, 0.25) is 0 Å². The van der Waals surface area contributed by atoms with Crippen LogP contribution in [0.15, 0.2) is 36.5 Å². The van der Waals surface area contributed by atoms with Crippen LogP contribution in [0.3, 0.4) is 0 Å². The number of amides is 1. The molecule has 0 aliphatic carbocycles. The van der Waals surface area contributed by atoms with Crippen LogP contribution in [-0.2, 0) is 4.84 Å². The van der Waals surface area contributed by atoms with Crippen LogP contribution in [0.25, 0.3) is 5.69 Å². The van der Waals surface area contributed by atoms with Crippen LogP contribution in [0.4, 0.5) is 0 Å². The predicted octanol–water partition coefficient (Wildman–Crippen LogP) is 1.04. The molecule has 0 fully saturated rings. The van der Waals surface area contributed by atoms with Gasteiger partial charge in [0.25, 0.3) is 5.91 Å². The third-order valence-corrected chi connectivity index (χ3v) is 2.32. The number of nitriles is 1. The van der Waals surface area contributed by atoms with Gasteiger partial charge in [-0.3, -0.25) is 9.63 Å². The Morgan fingerprint density at radius 1 is 1.44 bits per heavy atom. The number of aromatic nitrogens is 2. The fourth-order valence-corrected chi connectivity index (χ4v) is 1.53. The Kier molecular flexibility index (Phi) is 3.36. The lowest BCUT2D eigenvalue weighted by Crippen LogP contribution is -2.22. The number of hydroxylamine groups is 1. The van der Waals surface area contributed by atoms with Crippen LogP contribution in [-0.4, -0.2) is 22.8 Å². The molecule has 6 nitrogen and oxygen atoms in total. The summed E-state index contributed by atoms with van der Waals surface area (Å²) in [6.45, 7) is 0. The third-order valence-electron chi connectivity index (χ3n) is 2.32. The summed E-state index contributed by atoms with van der Waals surface area (Å²) in [5, 5.41) is 13.2. The highest BCUT2D eigenvalue weighted by atomic mass is 16.6. The van der Waals surface area contributed by atoms with E-state index < -0.39 is 5.91 Å². The molecule has 0 aliphatic heterocycles. The molecule has 1 N–H and O–H groups in total. The summed E-state index contributed by atoms with van der Waals surface area (Å²) in [5.41, 5.74) is 3.20. The molecule has 0 saturated heterocycles. The smallest absolute Gasteiger partial charge is 0.277 e.